The van der Waals surface area contributed by atoms with E-state index in [1.54, 1.807) is 0 Å². The monoisotopic (exact) mass is 103 g/mol. The largest absolute Gasteiger partial charge is 0.341 e. The number of H-pyrrole nitrogens is 3. The van der Waals surface area contributed by atoms with Gasteiger partial charge in [0.25, 0.3) is 0 Å². The highest BCUT2D eigenvalue weighted by molar-refractivity contribution is 7.71. The Labute approximate surface area is 38.6 Å². The number of aromatic amines is 3. The number of rotatable bonds is 0. The van der Waals surface area contributed by atoms with Crippen molar-refractivity contribution in [1.82, 2.24) is 15.5 Å². The molecule has 5 heteroatoms. The highest BCUT2D eigenvalue weighted by Gasteiger charge is 1.76. The Balaban J connectivity index is 3.41. The maximum atomic E-state index is 4.54. The van der Waals surface area contributed by atoms with Crippen molar-refractivity contribution in [3.05, 3.63) is 4.77 Å². The van der Waals surface area contributed by atoms with E-state index in [9.17, 15) is 0 Å². The summed E-state index contributed by atoms with van der Waals surface area (Å²) in [6.07, 6.45) is 0. The van der Waals surface area contributed by atoms with Crippen molar-refractivity contribution in [2.75, 3.05) is 0 Å². The van der Waals surface area contributed by atoms with Gasteiger partial charge in [0, 0.05) is 0 Å². The smallest absolute Gasteiger partial charge is 0.141 e. The number of hydrogen-bond acceptors (Lipinski definition) is 2. The molecule has 0 bridgehead atoms. The zero-order chi connectivity index (χ0) is 4.41. The van der Waals surface area contributed by atoms with Gasteiger partial charge in [-0.1, -0.05) is 5.21 Å². The molecule has 1 aromatic rings. The van der Waals surface area contributed by atoms with Gasteiger partial charge in [0.2, 0.25) is 0 Å². The Hall–Kier alpha value is -0.710. The lowest BCUT2D eigenvalue weighted by Crippen LogP contribution is -2.00. The van der Waals surface area contributed by atoms with Gasteiger partial charge in [-0.3, -0.25) is 0 Å². The molecule has 32 valence electrons. The first kappa shape index (κ1) is 3.48. The predicted octanol–water partition coefficient (Wildman–Crippen LogP) is -0.719. The zero-order valence-corrected chi connectivity index (χ0v) is 3.67. The van der Waals surface area contributed by atoms with Crippen LogP contribution < -0.4 is 5.10 Å². The van der Waals surface area contributed by atoms with Crippen molar-refractivity contribution in [2.24, 2.45) is 0 Å². The van der Waals surface area contributed by atoms with Crippen molar-refractivity contribution in [1.29, 1.82) is 0 Å². The number of tetrazole rings is 1. The van der Waals surface area contributed by atoms with Crippen molar-refractivity contribution in [2.45, 2.75) is 0 Å². The van der Waals surface area contributed by atoms with Crippen molar-refractivity contribution >= 4 is 12.2 Å². The standard InChI is InChI=1S/CH2N4S/c6-1-2-4-5-3-1/h(H2,2,3,4,5,6)/p+1. The number of aromatic nitrogens is 4. The second-order valence-electron chi connectivity index (χ2n) is 0.790. The van der Waals surface area contributed by atoms with Crippen LogP contribution >= 0.6 is 12.2 Å². The van der Waals surface area contributed by atoms with Crippen LogP contribution in [0.5, 0.6) is 0 Å². The van der Waals surface area contributed by atoms with Crippen molar-refractivity contribution in [3.8, 4) is 0 Å². The molecule has 1 aromatic heterocycles. The first-order valence-electron chi connectivity index (χ1n) is 1.40. The van der Waals surface area contributed by atoms with Gasteiger partial charge in [0.15, 0.2) is 0 Å². The third-order valence-electron chi connectivity index (χ3n) is 0.383. The Kier molecular flexibility index (Phi) is 0.681. The third-order valence-corrected chi connectivity index (χ3v) is 0.576. The van der Waals surface area contributed by atoms with Crippen LogP contribution in [-0.4, -0.2) is 15.5 Å². The van der Waals surface area contributed by atoms with Crippen LogP contribution in [0.15, 0.2) is 0 Å². The molecule has 0 saturated heterocycles. The topological polar surface area (TPSA) is 58.6 Å². The molecule has 0 unspecified atom stereocenters. The van der Waals surface area contributed by atoms with Gasteiger partial charge in [0.05, 0.1) is 5.21 Å². The van der Waals surface area contributed by atoms with E-state index in [0.717, 1.165) is 0 Å². The summed E-state index contributed by atoms with van der Waals surface area (Å²) >= 11 is 4.54. The minimum Gasteiger partial charge on any atom is -0.141 e. The molecule has 0 aromatic carbocycles. The molecule has 1 heterocycles. The number of nitrogens with one attached hydrogen (secondary N) is 3. The predicted molar refractivity (Wildman–Crippen MR) is 20.3 cm³/mol. The average Bonchev–Trinajstić information content (AvgIpc) is 1.86. The highest BCUT2D eigenvalue weighted by Crippen LogP contribution is 1.53. The zero-order valence-electron chi connectivity index (χ0n) is 2.86. The lowest BCUT2D eigenvalue weighted by molar-refractivity contribution is -0.463. The van der Waals surface area contributed by atoms with Gasteiger partial charge in [-0.2, -0.15) is 0 Å². The van der Waals surface area contributed by atoms with E-state index in [1.165, 1.54) is 0 Å². The van der Waals surface area contributed by atoms with Crippen LogP contribution in [0.1, 0.15) is 0 Å². The van der Waals surface area contributed by atoms with Crippen molar-refractivity contribution < 1.29 is 5.10 Å². The van der Waals surface area contributed by atoms with E-state index < -0.39 is 0 Å². The molecule has 0 radical (unpaired) electrons. The van der Waals surface area contributed by atoms with Crippen LogP contribution in [0.3, 0.4) is 0 Å². The summed E-state index contributed by atoms with van der Waals surface area (Å²) in [5.41, 5.74) is 0. The second-order valence-corrected chi connectivity index (χ2v) is 1.20. The van der Waals surface area contributed by atoms with E-state index >= 15 is 0 Å². The molecular weight excluding hydrogens is 100 g/mol. The number of nitrogens with zero attached hydrogens (tertiary/aromatic N) is 1. The molecule has 0 spiro atoms. The van der Waals surface area contributed by atoms with Gasteiger partial charge in [-0.25, -0.2) is 0 Å². The fourth-order valence-corrected chi connectivity index (χ4v) is 0.277. The summed E-state index contributed by atoms with van der Waals surface area (Å²) < 4.78 is 0.509. The van der Waals surface area contributed by atoms with Gasteiger partial charge in [0.1, 0.15) is 0 Å². The molecule has 4 nitrogen and oxygen atoms in total. The van der Waals surface area contributed by atoms with Crippen LogP contribution in [0.4, 0.5) is 0 Å². The minimum absolute atomic E-state index is 0.509. The Bertz CT molecular complexity index is 145. The van der Waals surface area contributed by atoms with E-state index in [4.69, 9.17) is 0 Å². The molecule has 0 amide bonds. The molecule has 1 rings (SSSR count). The average molecular weight is 103 g/mol. The van der Waals surface area contributed by atoms with Gasteiger partial charge < -0.3 is 0 Å². The molecule has 0 aliphatic heterocycles. The van der Waals surface area contributed by atoms with Crippen LogP contribution in [0.2, 0.25) is 0 Å². The van der Waals surface area contributed by atoms with E-state index in [1.807, 2.05) is 0 Å². The Morgan fingerprint density at radius 2 is 2.67 bits per heavy atom. The summed E-state index contributed by atoms with van der Waals surface area (Å²) in [5, 5.41) is 10.8. The highest BCUT2D eigenvalue weighted by atomic mass is 32.1. The molecular formula is CH3N4S+. The van der Waals surface area contributed by atoms with Gasteiger partial charge in [-0.05, 0) is 12.2 Å². The Morgan fingerprint density at radius 3 is 2.83 bits per heavy atom. The summed E-state index contributed by atoms with van der Waals surface area (Å²) in [4.78, 5) is 0. The molecule has 0 saturated carbocycles. The van der Waals surface area contributed by atoms with Crippen LogP contribution in [-0.2, 0) is 0 Å². The van der Waals surface area contributed by atoms with Gasteiger partial charge >= 0.3 is 4.77 Å². The second kappa shape index (κ2) is 1.17. The number of hydrogen-bond donors (Lipinski definition) is 2. The molecule has 0 atom stereocenters. The van der Waals surface area contributed by atoms with E-state index in [2.05, 4.69) is 32.8 Å². The third kappa shape index (κ3) is 0.436. The van der Waals surface area contributed by atoms with Gasteiger partial charge in [-0.15, -0.1) is 10.2 Å². The first-order chi connectivity index (χ1) is 2.89. The summed E-state index contributed by atoms with van der Waals surface area (Å²) in [6, 6.07) is 0. The normalized spacial score (nSPS) is 8.67. The molecule has 0 aliphatic carbocycles. The van der Waals surface area contributed by atoms with E-state index in [-0.39, 0.29) is 0 Å². The molecule has 6 heavy (non-hydrogen) atoms. The lowest BCUT2D eigenvalue weighted by atomic mass is 11.4. The fourth-order valence-electron chi connectivity index (χ4n) is 0.185. The molecule has 3 N–H and O–H groups in total. The van der Waals surface area contributed by atoms with Crippen LogP contribution in [0, 0.1) is 4.77 Å². The lowest BCUT2D eigenvalue weighted by Gasteiger charge is -1.40. The minimum atomic E-state index is 0.509. The van der Waals surface area contributed by atoms with Crippen molar-refractivity contribution in [3.63, 3.8) is 0 Å². The SMILES string of the molecule is S=c1[nH][nH]n[nH+]1. The first-order valence-corrected chi connectivity index (χ1v) is 1.81. The molecule has 0 fully saturated rings. The summed E-state index contributed by atoms with van der Waals surface area (Å²) in [5.74, 6) is 0. The quantitative estimate of drug-likeness (QED) is 0.426. The molecule has 0 aliphatic rings. The van der Waals surface area contributed by atoms with Crippen LogP contribution in [0.25, 0.3) is 0 Å². The summed E-state index contributed by atoms with van der Waals surface area (Å²) in [6.45, 7) is 0. The Morgan fingerprint density at radius 1 is 1.83 bits per heavy atom. The van der Waals surface area contributed by atoms with E-state index in [0.29, 0.717) is 4.77 Å². The summed E-state index contributed by atoms with van der Waals surface area (Å²) in [7, 11) is 0. The fraction of sp³-hybridized carbons (Fsp3) is 0. The maximum Gasteiger partial charge on any atom is 0.341 e. The maximum absolute atomic E-state index is 4.54.